The van der Waals surface area contributed by atoms with E-state index < -0.39 is 17.8 Å². The molecule has 1 aromatic carbocycles. The minimum Gasteiger partial charge on any atom is -0.460 e. The van der Waals surface area contributed by atoms with E-state index in [0.717, 1.165) is 43.2 Å². The van der Waals surface area contributed by atoms with Crippen molar-refractivity contribution in [1.29, 1.82) is 0 Å². The van der Waals surface area contributed by atoms with E-state index in [0.29, 0.717) is 35.3 Å². The van der Waals surface area contributed by atoms with Gasteiger partial charge in [-0.15, -0.1) is 0 Å². The van der Waals surface area contributed by atoms with E-state index in [2.05, 4.69) is 4.90 Å². The van der Waals surface area contributed by atoms with Crippen molar-refractivity contribution in [2.45, 2.75) is 63.1 Å². The van der Waals surface area contributed by atoms with Crippen molar-refractivity contribution in [2.75, 3.05) is 13.2 Å². The van der Waals surface area contributed by atoms with Crippen molar-refractivity contribution in [2.24, 2.45) is 14.1 Å². The Morgan fingerprint density at radius 1 is 1.08 bits per heavy atom. The molecular formula is C27H34N4O6. The van der Waals surface area contributed by atoms with Crippen LogP contribution in [0.2, 0.25) is 0 Å². The summed E-state index contributed by atoms with van der Waals surface area (Å²) in [4.78, 5) is 40.4. The van der Waals surface area contributed by atoms with Gasteiger partial charge in [-0.1, -0.05) is 30.3 Å². The van der Waals surface area contributed by atoms with Crippen molar-refractivity contribution in [3.8, 4) is 0 Å². The number of carbonyl (C=O) groups excluding carboxylic acids is 1. The van der Waals surface area contributed by atoms with Crippen LogP contribution >= 0.6 is 0 Å². The highest BCUT2D eigenvalue weighted by Gasteiger charge is 2.42. The molecule has 0 saturated carbocycles. The van der Waals surface area contributed by atoms with Gasteiger partial charge in [0.05, 0.1) is 12.1 Å². The molecule has 5 rings (SSSR count). The first-order chi connectivity index (χ1) is 17.8. The lowest BCUT2D eigenvalue weighted by molar-refractivity contribution is -0.163. The number of aliphatic hydroxyl groups excluding tert-OH is 1. The predicted molar refractivity (Wildman–Crippen MR) is 137 cm³/mol. The quantitative estimate of drug-likeness (QED) is 0.345. The molecule has 3 unspecified atom stereocenters. The van der Waals surface area contributed by atoms with Crippen LogP contribution in [0.1, 0.15) is 43.8 Å². The molecule has 198 valence electrons. The molecule has 2 aromatic heterocycles. The molecule has 0 aliphatic carbocycles. The molecule has 2 saturated heterocycles. The monoisotopic (exact) mass is 510 g/mol. The number of fused-ring (bicyclic) bond motifs is 3. The minimum atomic E-state index is -1.26. The third-order valence-electron chi connectivity index (χ3n) is 7.77. The van der Waals surface area contributed by atoms with E-state index in [9.17, 15) is 19.5 Å². The number of esters is 1. The Morgan fingerprint density at radius 2 is 1.78 bits per heavy atom. The molecule has 0 amide bonds. The zero-order valence-corrected chi connectivity index (χ0v) is 21.3. The summed E-state index contributed by atoms with van der Waals surface area (Å²) in [5.74, 6) is -0.590. The number of aliphatic hydroxyl groups is 1. The molecule has 3 aromatic rings. The van der Waals surface area contributed by atoms with Crippen LogP contribution < -0.4 is 11.2 Å². The molecule has 4 heterocycles. The highest BCUT2D eigenvalue weighted by Crippen LogP contribution is 2.37. The Morgan fingerprint density at radius 3 is 2.49 bits per heavy atom. The fourth-order valence-electron chi connectivity index (χ4n) is 5.85. The smallest absolute Gasteiger partial charge is 0.339 e. The fourth-order valence-corrected chi connectivity index (χ4v) is 5.85. The van der Waals surface area contributed by atoms with Crippen LogP contribution in [0.25, 0.3) is 11.0 Å². The first kappa shape index (κ1) is 25.4. The van der Waals surface area contributed by atoms with Crippen LogP contribution in [0.15, 0.2) is 52.2 Å². The first-order valence-electron chi connectivity index (χ1n) is 12.9. The Hall–Kier alpha value is -3.21. The second-order valence-corrected chi connectivity index (χ2v) is 10.1. The summed E-state index contributed by atoms with van der Waals surface area (Å²) in [6.07, 6.45) is 4.71. The number of benzene rings is 1. The molecule has 10 nitrogen and oxygen atoms in total. The SMILES string of the molecule is Cn1ccc2c1c(=O)n(COCCCN1C3CC[C@@H]1CC(OC(=O)C(O)c1ccccc1)C3)c(=O)n2C. The van der Waals surface area contributed by atoms with E-state index in [1.807, 2.05) is 6.07 Å². The van der Waals surface area contributed by atoms with Gasteiger partial charge in [-0.05, 0) is 30.9 Å². The zero-order valence-electron chi connectivity index (χ0n) is 21.3. The second-order valence-electron chi connectivity index (χ2n) is 10.1. The number of hydrogen-bond acceptors (Lipinski definition) is 7. The Labute approximate surface area is 214 Å². The number of aromatic nitrogens is 3. The van der Waals surface area contributed by atoms with Crippen molar-refractivity contribution >= 4 is 17.0 Å². The summed E-state index contributed by atoms with van der Waals surface area (Å²) >= 11 is 0. The highest BCUT2D eigenvalue weighted by molar-refractivity contribution is 5.76. The van der Waals surface area contributed by atoms with Gasteiger partial charge in [0, 0.05) is 51.8 Å². The van der Waals surface area contributed by atoms with Gasteiger partial charge in [0.2, 0.25) is 0 Å². The largest absolute Gasteiger partial charge is 0.460 e. The molecule has 2 aliphatic rings. The van der Waals surface area contributed by atoms with Gasteiger partial charge in [-0.3, -0.25) is 14.3 Å². The molecule has 37 heavy (non-hydrogen) atoms. The normalized spacial score (nSPS) is 22.4. The minimum absolute atomic E-state index is 0.0821. The molecule has 10 heteroatoms. The van der Waals surface area contributed by atoms with E-state index in [1.165, 1.54) is 4.57 Å². The summed E-state index contributed by atoms with van der Waals surface area (Å²) in [5, 5.41) is 10.3. The maximum absolute atomic E-state index is 12.8. The number of aryl methyl sites for hydroxylation is 2. The van der Waals surface area contributed by atoms with Crippen molar-refractivity contribution in [1.82, 2.24) is 18.6 Å². The topological polar surface area (TPSA) is 108 Å². The van der Waals surface area contributed by atoms with Crippen LogP contribution in [0, 0.1) is 0 Å². The average molecular weight is 511 g/mol. The van der Waals surface area contributed by atoms with Crippen molar-refractivity contribution in [3.05, 3.63) is 69.0 Å². The first-order valence-corrected chi connectivity index (χ1v) is 12.9. The highest BCUT2D eigenvalue weighted by atomic mass is 16.6. The van der Waals surface area contributed by atoms with E-state index in [1.54, 1.807) is 55.2 Å². The van der Waals surface area contributed by atoms with Gasteiger partial charge in [-0.25, -0.2) is 14.2 Å². The van der Waals surface area contributed by atoms with Gasteiger partial charge in [0.15, 0.2) is 6.10 Å². The molecular weight excluding hydrogens is 476 g/mol. The lowest BCUT2D eigenvalue weighted by atomic mass is 9.99. The van der Waals surface area contributed by atoms with E-state index in [-0.39, 0.29) is 18.4 Å². The number of hydrogen-bond donors (Lipinski definition) is 1. The van der Waals surface area contributed by atoms with Crippen molar-refractivity contribution < 1.29 is 19.4 Å². The third-order valence-corrected chi connectivity index (χ3v) is 7.77. The van der Waals surface area contributed by atoms with Gasteiger partial charge < -0.3 is 19.1 Å². The summed E-state index contributed by atoms with van der Waals surface area (Å²) < 4.78 is 15.7. The molecule has 4 atom stereocenters. The number of ether oxygens (including phenoxy) is 2. The maximum atomic E-state index is 12.8. The lowest BCUT2D eigenvalue weighted by Gasteiger charge is -2.38. The van der Waals surface area contributed by atoms with Gasteiger partial charge in [0.1, 0.15) is 18.4 Å². The maximum Gasteiger partial charge on any atom is 0.339 e. The lowest BCUT2D eigenvalue weighted by Crippen LogP contribution is -2.46. The van der Waals surface area contributed by atoms with Crippen LogP contribution in [0.3, 0.4) is 0 Å². The molecule has 0 spiro atoms. The number of piperidine rings is 1. The second kappa shape index (κ2) is 10.6. The van der Waals surface area contributed by atoms with Gasteiger partial charge in [-0.2, -0.15) is 0 Å². The zero-order chi connectivity index (χ0) is 26.1. The summed E-state index contributed by atoms with van der Waals surface area (Å²) in [5.41, 5.74) is 0.875. The number of rotatable bonds is 9. The number of carbonyl (C=O) groups is 1. The van der Waals surface area contributed by atoms with Crippen molar-refractivity contribution in [3.63, 3.8) is 0 Å². The Balaban J connectivity index is 1.10. The summed E-state index contributed by atoms with van der Waals surface area (Å²) in [6.45, 7) is 1.19. The van der Waals surface area contributed by atoms with Gasteiger partial charge in [0.25, 0.3) is 5.56 Å². The predicted octanol–water partition coefficient (Wildman–Crippen LogP) is 1.68. The van der Waals surface area contributed by atoms with Crippen LogP contribution in [-0.4, -0.2) is 61.0 Å². The molecule has 0 radical (unpaired) electrons. The van der Waals surface area contributed by atoms with E-state index in [4.69, 9.17) is 9.47 Å². The van der Waals surface area contributed by atoms with Gasteiger partial charge >= 0.3 is 11.7 Å². The van der Waals surface area contributed by atoms with Crippen LogP contribution in [0.4, 0.5) is 0 Å². The number of nitrogens with zero attached hydrogens (tertiary/aromatic N) is 4. The molecule has 2 bridgehead atoms. The fraction of sp³-hybridized carbons (Fsp3) is 0.519. The molecule has 2 aliphatic heterocycles. The average Bonchev–Trinajstić information content (AvgIpc) is 3.40. The third kappa shape index (κ3) is 5.01. The van der Waals surface area contributed by atoms with E-state index >= 15 is 0 Å². The Kier molecular flexibility index (Phi) is 7.32. The summed E-state index contributed by atoms with van der Waals surface area (Å²) in [6, 6.07) is 11.3. The molecule has 2 fully saturated rings. The van der Waals surface area contributed by atoms with Crippen LogP contribution in [-0.2, 0) is 35.1 Å². The Bertz CT molecular complexity index is 1360. The molecule has 1 N–H and O–H groups in total. The summed E-state index contributed by atoms with van der Waals surface area (Å²) in [7, 11) is 3.43. The van der Waals surface area contributed by atoms with Crippen LogP contribution in [0.5, 0.6) is 0 Å². The standard InChI is InChI=1S/C27H34N4O6/c1-28-13-11-22-23(28)25(33)31(27(35)29(22)2)17-36-14-6-12-30-19-9-10-20(30)16-21(15-19)37-26(34)24(32)18-7-4-3-5-8-18/h3-5,7-8,11,13,19-21,24,32H,6,9-10,12,14-17H2,1-2H3/t19-,20?,21?,24?/m1/s1.